The minimum absolute atomic E-state index is 0.0160. The fraction of sp³-hybridized carbons (Fsp3) is 0.250. The zero-order valence-electron chi connectivity index (χ0n) is 15.3. The molecular formula is C20H18N4O4S. The second-order valence-electron chi connectivity index (χ2n) is 6.78. The molecule has 1 fully saturated rings. The summed E-state index contributed by atoms with van der Waals surface area (Å²) >= 11 is 1.46. The third-order valence-electron chi connectivity index (χ3n) is 4.82. The number of amides is 2. The van der Waals surface area contributed by atoms with Crippen LogP contribution in [0.2, 0.25) is 0 Å². The number of nitrogens with zero attached hydrogens (tertiary/aromatic N) is 3. The molecule has 4 heterocycles. The smallest absolute Gasteiger partial charge is 0.352 e. The lowest BCUT2D eigenvalue weighted by Gasteiger charge is -2.49. The van der Waals surface area contributed by atoms with Gasteiger partial charge in [-0.05, 0) is 41.3 Å². The summed E-state index contributed by atoms with van der Waals surface area (Å²) in [6.07, 6.45) is 7.09. The molecule has 9 heteroatoms. The summed E-state index contributed by atoms with van der Waals surface area (Å²) in [6.45, 7) is 0. The van der Waals surface area contributed by atoms with Crippen LogP contribution in [0.3, 0.4) is 0 Å². The quantitative estimate of drug-likeness (QED) is 0.683. The number of aliphatic carboxylic acids is 1. The molecule has 0 saturated carbocycles. The molecule has 2 aliphatic heterocycles. The maximum Gasteiger partial charge on any atom is 0.352 e. The number of pyridine rings is 2. The normalized spacial score (nSPS) is 20.7. The third-order valence-corrected chi connectivity index (χ3v) is 6.16. The van der Waals surface area contributed by atoms with Crippen molar-refractivity contribution in [3.63, 3.8) is 0 Å². The van der Waals surface area contributed by atoms with E-state index in [4.69, 9.17) is 0 Å². The molecule has 0 bridgehead atoms. The van der Waals surface area contributed by atoms with Crippen LogP contribution in [-0.2, 0) is 27.2 Å². The molecule has 1 saturated heterocycles. The van der Waals surface area contributed by atoms with Crippen molar-refractivity contribution in [3.8, 4) is 0 Å². The number of nitrogens with one attached hydrogen (secondary N) is 1. The van der Waals surface area contributed by atoms with Crippen molar-refractivity contribution in [3.05, 3.63) is 71.4 Å². The first-order chi connectivity index (χ1) is 14.0. The largest absolute Gasteiger partial charge is 0.477 e. The number of carboxylic acids is 1. The maximum absolute atomic E-state index is 12.7. The Kier molecular flexibility index (Phi) is 5.30. The fourth-order valence-corrected chi connectivity index (χ4v) is 4.82. The van der Waals surface area contributed by atoms with E-state index in [0.717, 1.165) is 11.1 Å². The Morgan fingerprint density at radius 2 is 1.97 bits per heavy atom. The maximum atomic E-state index is 12.7. The van der Waals surface area contributed by atoms with Crippen molar-refractivity contribution in [2.45, 2.75) is 24.3 Å². The summed E-state index contributed by atoms with van der Waals surface area (Å²) in [7, 11) is 0. The van der Waals surface area contributed by atoms with Gasteiger partial charge in [-0.25, -0.2) is 4.79 Å². The van der Waals surface area contributed by atoms with Gasteiger partial charge in [0.25, 0.3) is 5.91 Å². The molecule has 2 amide bonds. The average molecular weight is 410 g/mol. The lowest BCUT2D eigenvalue weighted by atomic mass is 9.99. The highest BCUT2D eigenvalue weighted by Gasteiger charge is 2.54. The van der Waals surface area contributed by atoms with Crippen LogP contribution in [0.1, 0.15) is 11.1 Å². The summed E-state index contributed by atoms with van der Waals surface area (Å²) in [4.78, 5) is 46.1. The Bertz CT molecular complexity index is 980. The zero-order chi connectivity index (χ0) is 20.4. The molecule has 2 aromatic rings. The van der Waals surface area contributed by atoms with E-state index in [1.165, 1.54) is 16.7 Å². The molecule has 8 nitrogen and oxygen atoms in total. The minimum atomic E-state index is -1.14. The molecule has 2 N–H and O–H groups in total. The number of rotatable bonds is 6. The van der Waals surface area contributed by atoms with E-state index in [-0.39, 0.29) is 18.0 Å². The predicted molar refractivity (Wildman–Crippen MR) is 106 cm³/mol. The van der Waals surface area contributed by atoms with Gasteiger partial charge in [0.05, 0.1) is 6.42 Å². The van der Waals surface area contributed by atoms with E-state index in [2.05, 4.69) is 15.3 Å². The second-order valence-corrected chi connectivity index (χ2v) is 7.89. The monoisotopic (exact) mass is 410 g/mol. The molecule has 29 heavy (non-hydrogen) atoms. The van der Waals surface area contributed by atoms with Gasteiger partial charge in [0.1, 0.15) is 17.1 Å². The standard InChI is InChI=1S/C20H18N4O4S/c25-15(9-12-3-6-21-7-4-12)23-16-18(26)24-17(20(27)28)14(11-29-19(16)24)8-13-2-1-5-22-10-13/h1-7,10,16,19H,8-9,11H2,(H,23,25)(H,27,28)/t16-,19-/m1/s1. The minimum Gasteiger partial charge on any atom is -0.477 e. The first kappa shape index (κ1) is 19.1. The van der Waals surface area contributed by atoms with Crippen molar-refractivity contribution in [2.24, 2.45) is 0 Å². The lowest BCUT2D eigenvalue weighted by Crippen LogP contribution is -2.70. The van der Waals surface area contributed by atoms with Gasteiger partial charge in [0.2, 0.25) is 5.91 Å². The van der Waals surface area contributed by atoms with E-state index in [9.17, 15) is 19.5 Å². The van der Waals surface area contributed by atoms with Crippen LogP contribution in [0.15, 0.2) is 60.3 Å². The molecule has 0 spiro atoms. The number of hydrogen-bond acceptors (Lipinski definition) is 6. The van der Waals surface area contributed by atoms with Gasteiger partial charge in [-0.15, -0.1) is 11.8 Å². The Hall–Kier alpha value is -3.20. The van der Waals surface area contributed by atoms with Crippen LogP contribution in [0.4, 0.5) is 0 Å². The molecule has 0 aliphatic carbocycles. The third kappa shape index (κ3) is 3.86. The highest BCUT2D eigenvalue weighted by atomic mass is 32.2. The number of aromatic nitrogens is 2. The first-order valence-corrected chi connectivity index (χ1v) is 10.1. The van der Waals surface area contributed by atoms with E-state index >= 15 is 0 Å². The molecule has 0 aromatic carbocycles. The van der Waals surface area contributed by atoms with Gasteiger partial charge < -0.3 is 10.4 Å². The van der Waals surface area contributed by atoms with Crippen LogP contribution in [0, 0.1) is 0 Å². The highest BCUT2D eigenvalue weighted by molar-refractivity contribution is 8.00. The van der Waals surface area contributed by atoms with E-state index in [1.807, 2.05) is 6.07 Å². The van der Waals surface area contributed by atoms with E-state index in [0.29, 0.717) is 17.7 Å². The van der Waals surface area contributed by atoms with Crippen molar-refractivity contribution in [2.75, 3.05) is 5.75 Å². The molecule has 0 radical (unpaired) electrons. The number of thioether (sulfide) groups is 1. The summed E-state index contributed by atoms with van der Waals surface area (Å²) in [5.74, 6) is -1.34. The number of β-lactam (4-membered cyclic amide) rings is 1. The molecule has 148 valence electrons. The van der Waals surface area contributed by atoms with Gasteiger partial charge in [-0.2, -0.15) is 0 Å². The predicted octanol–water partition coefficient (Wildman–Crippen LogP) is 1.00. The second kappa shape index (κ2) is 8.04. The number of carboxylic acid groups (broad SMARTS) is 1. The van der Waals surface area contributed by atoms with E-state index in [1.54, 1.807) is 43.0 Å². The number of carbonyl (C=O) groups excluding carboxylic acids is 2. The first-order valence-electron chi connectivity index (χ1n) is 9.02. The summed E-state index contributed by atoms with van der Waals surface area (Å²) in [6, 6.07) is 6.41. The molecule has 2 aliphatic rings. The van der Waals surface area contributed by atoms with Gasteiger partial charge in [-0.3, -0.25) is 24.5 Å². The lowest BCUT2D eigenvalue weighted by molar-refractivity contribution is -0.150. The van der Waals surface area contributed by atoms with Crippen LogP contribution in [-0.4, -0.2) is 54.9 Å². The van der Waals surface area contributed by atoms with Crippen molar-refractivity contribution >= 4 is 29.5 Å². The van der Waals surface area contributed by atoms with Crippen molar-refractivity contribution in [1.82, 2.24) is 20.2 Å². The van der Waals surface area contributed by atoms with Crippen LogP contribution < -0.4 is 5.32 Å². The Balaban J connectivity index is 1.48. The van der Waals surface area contributed by atoms with E-state index < -0.39 is 23.3 Å². The topological polar surface area (TPSA) is 112 Å². The molecular weight excluding hydrogens is 392 g/mol. The van der Waals surface area contributed by atoms with Crippen LogP contribution in [0.25, 0.3) is 0 Å². The Labute approximate surface area is 171 Å². The van der Waals surface area contributed by atoms with Gasteiger partial charge in [0, 0.05) is 30.5 Å². The summed E-state index contributed by atoms with van der Waals surface area (Å²) < 4.78 is 0. The SMILES string of the molecule is O=C(Cc1ccncc1)N[C@@H]1C(=O)N2C(C(=O)O)=C(Cc3cccnc3)CS[C@H]12. The van der Waals surface area contributed by atoms with Gasteiger partial charge >= 0.3 is 5.97 Å². The molecule has 2 atom stereocenters. The molecule has 4 rings (SSSR count). The van der Waals surface area contributed by atoms with Gasteiger partial charge in [0.15, 0.2) is 0 Å². The number of fused-ring (bicyclic) bond motifs is 1. The highest BCUT2D eigenvalue weighted by Crippen LogP contribution is 2.41. The van der Waals surface area contributed by atoms with Gasteiger partial charge in [-0.1, -0.05) is 6.07 Å². The molecule has 0 unspecified atom stereocenters. The molecule has 2 aromatic heterocycles. The van der Waals surface area contributed by atoms with Crippen molar-refractivity contribution < 1.29 is 19.5 Å². The Morgan fingerprint density at radius 1 is 1.17 bits per heavy atom. The number of hydrogen-bond donors (Lipinski definition) is 2. The summed E-state index contributed by atoms with van der Waals surface area (Å²) in [5, 5.41) is 12.1. The number of carbonyl (C=O) groups is 3. The van der Waals surface area contributed by atoms with Crippen molar-refractivity contribution in [1.29, 1.82) is 0 Å². The van der Waals surface area contributed by atoms with Crippen LogP contribution in [0.5, 0.6) is 0 Å². The zero-order valence-corrected chi connectivity index (χ0v) is 16.1. The fourth-order valence-electron chi connectivity index (χ4n) is 3.48. The average Bonchev–Trinajstić information content (AvgIpc) is 2.73. The summed E-state index contributed by atoms with van der Waals surface area (Å²) in [5.41, 5.74) is 2.36. The van der Waals surface area contributed by atoms with Crippen LogP contribution >= 0.6 is 11.8 Å². The Morgan fingerprint density at radius 3 is 2.66 bits per heavy atom.